The fraction of sp³-hybridized carbons (Fsp3) is 0.500. The van der Waals surface area contributed by atoms with Gasteiger partial charge in [-0.3, -0.25) is 9.59 Å². The normalized spacial score (nSPS) is 15.1. The molecule has 0 radical (unpaired) electrons. The highest BCUT2D eigenvalue weighted by molar-refractivity contribution is 5.89. The third-order valence-electron chi connectivity index (χ3n) is 3.78. The van der Waals surface area contributed by atoms with E-state index in [4.69, 9.17) is 0 Å². The second-order valence-electron chi connectivity index (χ2n) is 5.75. The van der Waals surface area contributed by atoms with E-state index < -0.39 is 17.5 Å². The van der Waals surface area contributed by atoms with Crippen LogP contribution in [0, 0.1) is 11.6 Å². The van der Waals surface area contributed by atoms with Gasteiger partial charge in [-0.2, -0.15) is 0 Å². The Morgan fingerprint density at radius 3 is 2.39 bits per heavy atom. The third-order valence-corrected chi connectivity index (χ3v) is 3.78. The molecular formula is C16H21F2N3O2. The highest BCUT2D eigenvalue weighted by Gasteiger charge is 2.16. The van der Waals surface area contributed by atoms with Gasteiger partial charge in [-0.05, 0) is 18.9 Å². The van der Waals surface area contributed by atoms with E-state index in [0.717, 1.165) is 31.7 Å². The number of anilines is 2. The molecule has 1 aliphatic rings. The van der Waals surface area contributed by atoms with Crippen LogP contribution in [0.1, 0.15) is 39.0 Å². The predicted molar refractivity (Wildman–Crippen MR) is 84.2 cm³/mol. The minimum Gasteiger partial charge on any atom is -0.374 e. The van der Waals surface area contributed by atoms with Gasteiger partial charge in [0.25, 0.3) is 0 Å². The third kappa shape index (κ3) is 5.19. The molecule has 2 rings (SSSR count). The van der Waals surface area contributed by atoms with Crippen molar-refractivity contribution >= 4 is 23.2 Å². The molecule has 0 aromatic heterocycles. The largest absolute Gasteiger partial charge is 0.374 e. The number of hydrogen-bond acceptors (Lipinski definition) is 3. The summed E-state index contributed by atoms with van der Waals surface area (Å²) < 4.78 is 27.3. The maximum absolute atomic E-state index is 13.7. The van der Waals surface area contributed by atoms with Crippen LogP contribution in [0.2, 0.25) is 0 Å². The van der Waals surface area contributed by atoms with Crippen LogP contribution in [-0.2, 0) is 9.59 Å². The topological polar surface area (TPSA) is 70.2 Å². The summed E-state index contributed by atoms with van der Waals surface area (Å²) in [5.74, 6) is -2.38. The van der Waals surface area contributed by atoms with Crippen molar-refractivity contribution in [3.8, 4) is 0 Å². The highest BCUT2D eigenvalue weighted by atomic mass is 19.1. The van der Waals surface area contributed by atoms with Crippen molar-refractivity contribution in [1.29, 1.82) is 0 Å². The number of carbonyl (C=O) groups excluding carboxylic acids is 2. The predicted octanol–water partition coefficient (Wildman–Crippen LogP) is 2.78. The summed E-state index contributed by atoms with van der Waals surface area (Å²) in [6.07, 6.45) is 5.32. The van der Waals surface area contributed by atoms with Gasteiger partial charge in [-0.1, -0.05) is 19.3 Å². The number of carbonyl (C=O) groups is 2. The van der Waals surface area contributed by atoms with Crippen LogP contribution in [-0.4, -0.2) is 24.4 Å². The van der Waals surface area contributed by atoms with Crippen LogP contribution in [0.3, 0.4) is 0 Å². The Morgan fingerprint density at radius 2 is 1.74 bits per heavy atom. The zero-order valence-corrected chi connectivity index (χ0v) is 13.0. The van der Waals surface area contributed by atoms with Gasteiger partial charge in [0.2, 0.25) is 11.8 Å². The van der Waals surface area contributed by atoms with E-state index in [2.05, 4.69) is 16.0 Å². The number of rotatable bonds is 5. The Bertz CT molecular complexity index is 587. The molecule has 0 unspecified atom stereocenters. The molecule has 0 bridgehead atoms. The first-order valence-corrected chi connectivity index (χ1v) is 7.75. The molecule has 1 aromatic rings. The summed E-state index contributed by atoms with van der Waals surface area (Å²) >= 11 is 0. The van der Waals surface area contributed by atoms with Gasteiger partial charge in [-0.25, -0.2) is 8.78 Å². The number of benzene rings is 1. The molecule has 2 amide bonds. The second kappa shape index (κ2) is 7.89. The summed E-state index contributed by atoms with van der Waals surface area (Å²) in [6.45, 7) is 1.12. The zero-order valence-electron chi connectivity index (χ0n) is 13.0. The van der Waals surface area contributed by atoms with Crippen molar-refractivity contribution in [3.63, 3.8) is 0 Å². The van der Waals surface area contributed by atoms with Gasteiger partial charge in [-0.15, -0.1) is 0 Å². The summed E-state index contributed by atoms with van der Waals surface area (Å²) in [5.41, 5.74) is -0.164. The van der Waals surface area contributed by atoms with Gasteiger partial charge >= 0.3 is 0 Å². The lowest BCUT2D eigenvalue weighted by Crippen LogP contribution is -2.39. The average Bonchev–Trinajstić information content (AvgIpc) is 2.49. The lowest BCUT2D eigenvalue weighted by molar-refractivity contribution is -0.120. The molecule has 0 spiro atoms. The summed E-state index contributed by atoms with van der Waals surface area (Å²) in [4.78, 5) is 22.9. The maximum atomic E-state index is 13.7. The Balaban J connectivity index is 1.93. The molecule has 1 aromatic carbocycles. The average molecular weight is 325 g/mol. The van der Waals surface area contributed by atoms with Crippen molar-refractivity contribution in [3.05, 3.63) is 23.8 Å². The van der Waals surface area contributed by atoms with Crippen LogP contribution in [0.5, 0.6) is 0 Å². The van der Waals surface area contributed by atoms with Crippen LogP contribution >= 0.6 is 0 Å². The molecule has 0 heterocycles. The van der Waals surface area contributed by atoms with E-state index in [9.17, 15) is 18.4 Å². The number of amides is 2. The summed E-state index contributed by atoms with van der Waals surface area (Å²) in [5, 5.41) is 7.81. The van der Waals surface area contributed by atoms with Gasteiger partial charge in [0.15, 0.2) is 0 Å². The highest BCUT2D eigenvalue weighted by Crippen LogP contribution is 2.23. The summed E-state index contributed by atoms with van der Waals surface area (Å²) in [6, 6.07) is 1.98. The maximum Gasteiger partial charge on any atom is 0.239 e. The first-order chi connectivity index (χ1) is 11.0. The molecule has 7 heteroatoms. The molecule has 1 aliphatic carbocycles. The lowest BCUT2D eigenvalue weighted by Gasteiger charge is -2.23. The first-order valence-electron chi connectivity index (χ1n) is 7.75. The van der Waals surface area contributed by atoms with Gasteiger partial charge < -0.3 is 16.0 Å². The van der Waals surface area contributed by atoms with Gasteiger partial charge in [0, 0.05) is 19.0 Å². The minimum atomic E-state index is -0.866. The Kier molecular flexibility index (Phi) is 5.90. The Hall–Kier alpha value is -2.18. The first kappa shape index (κ1) is 17.2. The van der Waals surface area contributed by atoms with Crippen LogP contribution in [0.25, 0.3) is 0 Å². The molecule has 5 nitrogen and oxygen atoms in total. The van der Waals surface area contributed by atoms with Crippen LogP contribution in [0.4, 0.5) is 20.2 Å². The zero-order chi connectivity index (χ0) is 16.8. The van der Waals surface area contributed by atoms with E-state index in [-0.39, 0.29) is 29.9 Å². The molecule has 0 atom stereocenters. The standard InChI is InChI=1S/C16H21F2N3O2/c1-10(22)20-15-8-14(12(17)7-13(15)18)19-9-16(23)21-11-5-3-2-4-6-11/h7-8,11,19H,2-6,9H2,1H3,(H,20,22)(H,21,23). The fourth-order valence-corrected chi connectivity index (χ4v) is 2.67. The molecule has 23 heavy (non-hydrogen) atoms. The molecule has 126 valence electrons. The van der Waals surface area contributed by atoms with Crippen molar-refractivity contribution in [2.24, 2.45) is 0 Å². The van der Waals surface area contributed by atoms with E-state index in [0.29, 0.717) is 6.07 Å². The second-order valence-corrected chi connectivity index (χ2v) is 5.75. The minimum absolute atomic E-state index is 0.0334. The quantitative estimate of drug-likeness (QED) is 0.779. The Labute approximate surface area is 133 Å². The number of nitrogens with one attached hydrogen (secondary N) is 3. The van der Waals surface area contributed by atoms with Crippen molar-refractivity contribution in [2.75, 3.05) is 17.2 Å². The molecular weight excluding hydrogens is 304 g/mol. The van der Waals surface area contributed by atoms with E-state index in [1.54, 1.807) is 0 Å². The van der Waals surface area contributed by atoms with E-state index >= 15 is 0 Å². The SMILES string of the molecule is CC(=O)Nc1cc(NCC(=O)NC2CCCCC2)c(F)cc1F. The van der Waals surface area contributed by atoms with Gasteiger partial charge in [0.05, 0.1) is 17.9 Å². The Morgan fingerprint density at radius 1 is 1.09 bits per heavy atom. The summed E-state index contributed by atoms with van der Waals surface area (Å²) in [7, 11) is 0. The number of halogens is 2. The van der Waals surface area contributed by atoms with Crippen molar-refractivity contribution in [1.82, 2.24) is 5.32 Å². The van der Waals surface area contributed by atoms with Gasteiger partial charge in [0.1, 0.15) is 11.6 Å². The van der Waals surface area contributed by atoms with Crippen LogP contribution < -0.4 is 16.0 Å². The van der Waals surface area contributed by atoms with E-state index in [1.807, 2.05) is 0 Å². The molecule has 3 N–H and O–H groups in total. The molecule has 0 aliphatic heterocycles. The molecule has 1 fully saturated rings. The van der Waals surface area contributed by atoms with Crippen molar-refractivity contribution < 1.29 is 18.4 Å². The fourth-order valence-electron chi connectivity index (χ4n) is 2.67. The van der Waals surface area contributed by atoms with Crippen molar-refractivity contribution in [2.45, 2.75) is 45.1 Å². The van der Waals surface area contributed by atoms with E-state index in [1.165, 1.54) is 13.3 Å². The smallest absolute Gasteiger partial charge is 0.239 e. The number of hydrogen-bond donors (Lipinski definition) is 3. The molecule has 1 saturated carbocycles. The van der Waals surface area contributed by atoms with Crippen LogP contribution in [0.15, 0.2) is 12.1 Å². The molecule has 0 saturated heterocycles. The monoisotopic (exact) mass is 325 g/mol. The lowest BCUT2D eigenvalue weighted by atomic mass is 9.95.